The molecule has 1 aromatic rings. The number of likely N-dealkylation sites (tertiary alicyclic amines) is 1. The monoisotopic (exact) mass is 282 g/mol. The third-order valence-corrected chi connectivity index (χ3v) is 3.50. The molecule has 1 aliphatic rings. The molecule has 1 heterocycles. The SMILES string of the molecule is O=C(c1ccc(F)c([N+](=O)[O-])c1)N1CCC(CCO)C1. The average Bonchev–Trinajstić information content (AvgIpc) is 2.87. The lowest BCUT2D eigenvalue weighted by molar-refractivity contribution is -0.387. The quantitative estimate of drug-likeness (QED) is 0.671. The molecule has 1 aromatic carbocycles. The van der Waals surface area contributed by atoms with Crippen LogP contribution in [0.4, 0.5) is 10.1 Å². The molecule has 20 heavy (non-hydrogen) atoms. The highest BCUT2D eigenvalue weighted by Gasteiger charge is 2.28. The molecule has 1 saturated heterocycles. The van der Waals surface area contributed by atoms with Crippen LogP contribution in [0.2, 0.25) is 0 Å². The summed E-state index contributed by atoms with van der Waals surface area (Å²) in [7, 11) is 0. The Labute approximate surface area is 115 Å². The van der Waals surface area contributed by atoms with Gasteiger partial charge in [-0.3, -0.25) is 14.9 Å². The van der Waals surface area contributed by atoms with Crippen LogP contribution in [0.3, 0.4) is 0 Å². The van der Waals surface area contributed by atoms with Gasteiger partial charge in [0, 0.05) is 31.3 Å². The van der Waals surface area contributed by atoms with Crippen LogP contribution in [0.25, 0.3) is 0 Å². The zero-order valence-corrected chi connectivity index (χ0v) is 10.8. The number of benzene rings is 1. The van der Waals surface area contributed by atoms with Crippen molar-refractivity contribution in [1.82, 2.24) is 4.90 Å². The first kappa shape index (κ1) is 14.4. The Balaban J connectivity index is 2.14. The van der Waals surface area contributed by atoms with Crippen LogP contribution in [0.15, 0.2) is 18.2 Å². The smallest absolute Gasteiger partial charge is 0.305 e. The Kier molecular flexibility index (Phi) is 4.29. The lowest BCUT2D eigenvalue weighted by Gasteiger charge is -2.16. The van der Waals surface area contributed by atoms with Gasteiger partial charge >= 0.3 is 5.69 Å². The second-order valence-corrected chi connectivity index (χ2v) is 4.84. The molecule has 0 saturated carbocycles. The van der Waals surface area contributed by atoms with E-state index in [0.29, 0.717) is 19.5 Å². The minimum Gasteiger partial charge on any atom is -0.396 e. The summed E-state index contributed by atoms with van der Waals surface area (Å²) in [5.74, 6) is -1.04. The van der Waals surface area contributed by atoms with Crippen molar-refractivity contribution in [3.8, 4) is 0 Å². The van der Waals surface area contributed by atoms with E-state index in [9.17, 15) is 19.3 Å². The summed E-state index contributed by atoms with van der Waals surface area (Å²) >= 11 is 0. The number of amides is 1. The normalized spacial score (nSPS) is 18.3. The maximum Gasteiger partial charge on any atom is 0.305 e. The molecular formula is C13H15FN2O4. The Morgan fingerprint density at radius 1 is 1.55 bits per heavy atom. The van der Waals surface area contributed by atoms with Gasteiger partial charge in [-0.1, -0.05) is 0 Å². The highest BCUT2D eigenvalue weighted by Crippen LogP contribution is 2.24. The third kappa shape index (κ3) is 2.93. The second-order valence-electron chi connectivity index (χ2n) is 4.84. The molecule has 6 nitrogen and oxygen atoms in total. The predicted molar refractivity (Wildman–Crippen MR) is 68.8 cm³/mol. The van der Waals surface area contributed by atoms with Crippen molar-refractivity contribution in [2.24, 2.45) is 5.92 Å². The van der Waals surface area contributed by atoms with Gasteiger partial charge in [0.2, 0.25) is 5.82 Å². The molecule has 1 aliphatic heterocycles. The molecule has 0 spiro atoms. The van der Waals surface area contributed by atoms with Gasteiger partial charge in [0.05, 0.1) is 4.92 Å². The van der Waals surface area contributed by atoms with Crippen LogP contribution in [0, 0.1) is 21.8 Å². The first-order valence-corrected chi connectivity index (χ1v) is 6.37. The van der Waals surface area contributed by atoms with E-state index < -0.39 is 16.4 Å². The van der Waals surface area contributed by atoms with E-state index in [1.807, 2.05) is 0 Å². The van der Waals surface area contributed by atoms with Gasteiger partial charge < -0.3 is 10.0 Å². The molecule has 1 N–H and O–H groups in total. The number of nitro benzene ring substituents is 1. The largest absolute Gasteiger partial charge is 0.396 e. The number of aliphatic hydroxyl groups excluding tert-OH is 1. The lowest BCUT2D eigenvalue weighted by Crippen LogP contribution is -2.28. The number of hydrogen-bond donors (Lipinski definition) is 1. The third-order valence-electron chi connectivity index (χ3n) is 3.50. The standard InChI is InChI=1S/C13H15FN2O4/c14-11-2-1-10(7-12(11)16(19)20)13(18)15-5-3-9(8-15)4-6-17/h1-2,7,9,17H,3-6,8H2. The molecule has 1 fully saturated rings. The second kappa shape index (κ2) is 5.96. The molecular weight excluding hydrogens is 267 g/mol. The van der Waals surface area contributed by atoms with Gasteiger partial charge in [-0.25, -0.2) is 0 Å². The molecule has 108 valence electrons. The first-order valence-electron chi connectivity index (χ1n) is 6.37. The minimum absolute atomic E-state index is 0.0781. The van der Waals surface area contributed by atoms with Crippen molar-refractivity contribution in [3.05, 3.63) is 39.7 Å². The molecule has 1 atom stereocenters. The number of carbonyl (C=O) groups is 1. The summed E-state index contributed by atoms with van der Waals surface area (Å²) in [4.78, 5) is 23.6. The van der Waals surface area contributed by atoms with E-state index in [1.54, 1.807) is 4.90 Å². The fourth-order valence-electron chi connectivity index (χ4n) is 2.40. The number of nitro groups is 1. The van der Waals surface area contributed by atoms with Crippen LogP contribution >= 0.6 is 0 Å². The van der Waals surface area contributed by atoms with Crippen molar-refractivity contribution < 1.29 is 19.2 Å². The van der Waals surface area contributed by atoms with Crippen LogP contribution in [0.1, 0.15) is 23.2 Å². The number of aliphatic hydroxyl groups is 1. The van der Waals surface area contributed by atoms with E-state index in [4.69, 9.17) is 5.11 Å². The molecule has 2 rings (SSSR count). The fourth-order valence-corrected chi connectivity index (χ4v) is 2.40. The van der Waals surface area contributed by atoms with Gasteiger partial charge in [-0.2, -0.15) is 4.39 Å². The van der Waals surface area contributed by atoms with Crippen molar-refractivity contribution in [1.29, 1.82) is 0 Å². The van der Waals surface area contributed by atoms with Gasteiger partial charge in [0.15, 0.2) is 0 Å². The van der Waals surface area contributed by atoms with Crippen molar-refractivity contribution >= 4 is 11.6 Å². The number of hydrogen-bond acceptors (Lipinski definition) is 4. The van der Waals surface area contributed by atoms with Gasteiger partial charge in [-0.15, -0.1) is 0 Å². The topological polar surface area (TPSA) is 83.7 Å². The summed E-state index contributed by atoms with van der Waals surface area (Å²) in [6.07, 6.45) is 1.43. The highest BCUT2D eigenvalue weighted by atomic mass is 19.1. The van der Waals surface area contributed by atoms with Crippen molar-refractivity contribution in [2.75, 3.05) is 19.7 Å². The average molecular weight is 282 g/mol. The molecule has 7 heteroatoms. The van der Waals surface area contributed by atoms with Crippen LogP contribution < -0.4 is 0 Å². The van der Waals surface area contributed by atoms with E-state index >= 15 is 0 Å². The first-order chi connectivity index (χ1) is 9.52. The maximum absolute atomic E-state index is 13.2. The molecule has 0 radical (unpaired) electrons. The summed E-state index contributed by atoms with van der Waals surface area (Å²) in [6, 6.07) is 3.16. The van der Waals surface area contributed by atoms with Gasteiger partial charge in [0.25, 0.3) is 5.91 Å². The number of rotatable bonds is 4. The molecule has 0 aliphatic carbocycles. The van der Waals surface area contributed by atoms with Gasteiger partial charge in [0.1, 0.15) is 0 Å². The minimum atomic E-state index is -0.953. The number of nitrogens with zero attached hydrogens (tertiary/aromatic N) is 2. The molecule has 1 amide bonds. The van der Waals surface area contributed by atoms with Crippen LogP contribution in [0.5, 0.6) is 0 Å². The van der Waals surface area contributed by atoms with Crippen molar-refractivity contribution in [2.45, 2.75) is 12.8 Å². The Hall–Kier alpha value is -2.02. The van der Waals surface area contributed by atoms with Crippen molar-refractivity contribution in [3.63, 3.8) is 0 Å². The predicted octanol–water partition coefficient (Wildman–Crippen LogP) is 1.58. The zero-order chi connectivity index (χ0) is 14.7. The van der Waals surface area contributed by atoms with Gasteiger partial charge in [-0.05, 0) is 30.9 Å². The Bertz CT molecular complexity index is 535. The molecule has 0 bridgehead atoms. The number of carbonyl (C=O) groups excluding carboxylic acids is 1. The fraction of sp³-hybridized carbons (Fsp3) is 0.462. The zero-order valence-electron chi connectivity index (χ0n) is 10.8. The number of halogens is 1. The van der Waals surface area contributed by atoms with E-state index in [1.165, 1.54) is 6.07 Å². The molecule has 1 unspecified atom stereocenters. The molecule has 0 aromatic heterocycles. The summed E-state index contributed by atoms with van der Waals surface area (Å²) in [5, 5.41) is 19.5. The Morgan fingerprint density at radius 3 is 2.95 bits per heavy atom. The van der Waals surface area contributed by atoms with Crippen LogP contribution in [-0.4, -0.2) is 40.5 Å². The maximum atomic E-state index is 13.2. The van der Waals surface area contributed by atoms with E-state index in [2.05, 4.69) is 0 Å². The van der Waals surface area contributed by atoms with Crippen LogP contribution in [-0.2, 0) is 0 Å². The summed E-state index contributed by atoms with van der Waals surface area (Å²) in [6.45, 7) is 1.15. The van der Waals surface area contributed by atoms with E-state index in [0.717, 1.165) is 18.6 Å². The Morgan fingerprint density at radius 2 is 2.30 bits per heavy atom. The van der Waals surface area contributed by atoms with E-state index in [-0.39, 0.29) is 24.0 Å². The summed E-state index contributed by atoms with van der Waals surface area (Å²) < 4.78 is 13.2. The lowest BCUT2D eigenvalue weighted by atomic mass is 10.1. The highest BCUT2D eigenvalue weighted by molar-refractivity contribution is 5.95. The summed E-state index contributed by atoms with van der Waals surface area (Å²) in [5.41, 5.74) is -0.579.